The fraction of sp³-hybridized carbons (Fsp3) is 0.917. The van der Waals surface area contributed by atoms with Gasteiger partial charge < -0.3 is 20.5 Å². The third-order valence-corrected chi connectivity index (χ3v) is 3.36. The SMILES string of the molecule is COC1CN(CCCCCC(=O)O)CCC1N. The molecule has 0 aromatic rings. The highest BCUT2D eigenvalue weighted by Gasteiger charge is 2.25. The number of carbonyl (C=O) groups is 1. The number of nitrogens with zero attached hydrogens (tertiary/aromatic N) is 1. The van der Waals surface area contributed by atoms with Crippen LogP contribution in [0.4, 0.5) is 0 Å². The van der Waals surface area contributed by atoms with Crippen molar-refractivity contribution in [2.45, 2.75) is 44.2 Å². The number of methoxy groups -OCH3 is 1. The number of ether oxygens (including phenoxy) is 1. The second kappa shape index (κ2) is 7.63. The molecule has 0 spiro atoms. The summed E-state index contributed by atoms with van der Waals surface area (Å²) in [6.45, 7) is 2.95. The van der Waals surface area contributed by atoms with Crippen LogP contribution in [-0.4, -0.2) is 54.9 Å². The molecule has 100 valence electrons. The van der Waals surface area contributed by atoms with E-state index in [-0.39, 0.29) is 18.6 Å². The van der Waals surface area contributed by atoms with E-state index in [0.717, 1.165) is 45.3 Å². The first kappa shape index (κ1) is 14.4. The Morgan fingerprint density at radius 3 is 2.88 bits per heavy atom. The molecule has 0 bridgehead atoms. The zero-order chi connectivity index (χ0) is 12.7. The van der Waals surface area contributed by atoms with Crippen molar-refractivity contribution in [3.8, 4) is 0 Å². The smallest absolute Gasteiger partial charge is 0.303 e. The fourth-order valence-electron chi connectivity index (χ4n) is 2.24. The lowest BCUT2D eigenvalue weighted by molar-refractivity contribution is -0.137. The van der Waals surface area contributed by atoms with Crippen LogP contribution in [0.3, 0.4) is 0 Å². The molecule has 0 aromatic carbocycles. The quantitative estimate of drug-likeness (QED) is 0.644. The number of likely N-dealkylation sites (tertiary alicyclic amines) is 1. The first-order valence-corrected chi connectivity index (χ1v) is 6.36. The van der Waals surface area contributed by atoms with Crippen LogP contribution >= 0.6 is 0 Å². The van der Waals surface area contributed by atoms with Gasteiger partial charge in [-0.2, -0.15) is 0 Å². The third kappa shape index (κ3) is 5.48. The highest BCUT2D eigenvalue weighted by atomic mass is 16.5. The van der Waals surface area contributed by atoms with Crippen molar-refractivity contribution < 1.29 is 14.6 Å². The molecule has 0 saturated carbocycles. The molecule has 1 fully saturated rings. The van der Waals surface area contributed by atoms with Gasteiger partial charge in [-0.05, 0) is 32.4 Å². The lowest BCUT2D eigenvalue weighted by Crippen LogP contribution is -2.51. The van der Waals surface area contributed by atoms with E-state index in [0.29, 0.717) is 0 Å². The van der Waals surface area contributed by atoms with Gasteiger partial charge in [0, 0.05) is 26.1 Å². The van der Waals surface area contributed by atoms with E-state index < -0.39 is 5.97 Å². The molecular formula is C12H24N2O3. The Kier molecular flexibility index (Phi) is 6.47. The van der Waals surface area contributed by atoms with Gasteiger partial charge in [0.2, 0.25) is 0 Å². The van der Waals surface area contributed by atoms with Gasteiger partial charge >= 0.3 is 5.97 Å². The number of nitrogens with two attached hydrogens (primary N) is 1. The van der Waals surface area contributed by atoms with E-state index in [1.807, 2.05) is 0 Å². The third-order valence-electron chi connectivity index (χ3n) is 3.36. The molecule has 17 heavy (non-hydrogen) atoms. The summed E-state index contributed by atoms with van der Waals surface area (Å²) >= 11 is 0. The van der Waals surface area contributed by atoms with Gasteiger partial charge in [-0.3, -0.25) is 4.79 Å². The van der Waals surface area contributed by atoms with E-state index in [1.54, 1.807) is 7.11 Å². The van der Waals surface area contributed by atoms with Gasteiger partial charge in [-0.15, -0.1) is 0 Å². The summed E-state index contributed by atoms with van der Waals surface area (Å²) in [6, 6.07) is 0.156. The normalized spacial score (nSPS) is 26.0. The second-order valence-electron chi connectivity index (χ2n) is 4.73. The summed E-state index contributed by atoms with van der Waals surface area (Å²) in [5, 5.41) is 8.52. The van der Waals surface area contributed by atoms with Crippen molar-refractivity contribution in [1.82, 2.24) is 4.90 Å². The second-order valence-corrected chi connectivity index (χ2v) is 4.73. The molecule has 2 atom stereocenters. The van der Waals surface area contributed by atoms with E-state index in [9.17, 15) is 4.79 Å². The number of carboxylic acids is 1. The van der Waals surface area contributed by atoms with Gasteiger partial charge in [0.05, 0.1) is 6.10 Å². The summed E-state index contributed by atoms with van der Waals surface area (Å²) in [5.74, 6) is -0.701. The number of aliphatic carboxylic acids is 1. The minimum atomic E-state index is -0.701. The maximum atomic E-state index is 10.3. The van der Waals surface area contributed by atoms with Crippen molar-refractivity contribution in [3.63, 3.8) is 0 Å². The lowest BCUT2D eigenvalue weighted by Gasteiger charge is -2.35. The van der Waals surface area contributed by atoms with Crippen LogP contribution in [0.1, 0.15) is 32.1 Å². The van der Waals surface area contributed by atoms with E-state index >= 15 is 0 Å². The van der Waals surface area contributed by atoms with Crippen molar-refractivity contribution in [2.75, 3.05) is 26.7 Å². The van der Waals surface area contributed by atoms with Gasteiger partial charge in [-0.25, -0.2) is 0 Å². The first-order chi connectivity index (χ1) is 8.13. The number of carboxylic acid groups (broad SMARTS) is 1. The van der Waals surface area contributed by atoms with Crippen LogP contribution in [0.2, 0.25) is 0 Å². The zero-order valence-corrected chi connectivity index (χ0v) is 10.6. The van der Waals surface area contributed by atoms with E-state index in [4.69, 9.17) is 15.6 Å². The highest BCUT2D eigenvalue weighted by molar-refractivity contribution is 5.66. The Hall–Kier alpha value is -0.650. The average Bonchev–Trinajstić information content (AvgIpc) is 2.30. The Bertz CT molecular complexity index is 236. The summed E-state index contributed by atoms with van der Waals surface area (Å²) in [6.07, 6.45) is 4.21. The molecule has 5 heteroatoms. The van der Waals surface area contributed by atoms with Crippen LogP contribution in [0.15, 0.2) is 0 Å². The van der Waals surface area contributed by atoms with Crippen LogP contribution in [-0.2, 0) is 9.53 Å². The van der Waals surface area contributed by atoms with Crippen LogP contribution in [0.25, 0.3) is 0 Å². The molecule has 5 nitrogen and oxygen atoms in total. The summed E-state index contributed by atoms with van der Waals surface area (Å²) in [7, 11) is 1.71. The van der Waals surface area contributed by atoms with Crippen LogP contribution in [0, 0.1) is 0 Å². The lowest BCUT2D eigenvalue weighted by atomic mass is 10.0. The van der Waals surface area contributed by atoms with Gasteiger partial charge in [0.25, 0.3) is 0 Å². The molecule has 1 aliphatic heterocycles. The van der Waals surface area contributed by atoms with Gasteiger partial charge in [0.1, 0.15) is 0 Å². The molecule has 1 rings (SSSR count). The molecular weight excluding hydrogens is 220 g/mol. The minimum Gasteiger partial charge on any atom is -0.481 e. The number of piperidine rings is 1. The topological polar surface area (TPSA) is 75.8 Å². The molecule has 2 unspecified atom stereocenters. The minimum absolute atomic E-state index is 0.141. The Morgan fingerprint density at radius 2 is 2.24 bits per heavy atom. The molecule has 0 aliphatic carbocycles. The Balaban J connectivity index is 2.09. The van der Waals surface area contributed by atoms with E-state index in [2.05, 4.69) is 4.90 Å². The number of rotatable bonds is 7. The summed E-state index contributed by atoms with van der Waals surface area (Å²) < 4.78 is 5.35. The molecule has 0 aromatic heterocycles. The molecule has 0 amide bonds. The average molecular weight is 244 g/mol. The predicted molar refractivity (Wildman–Crippen MR) is 65.9 cm³/mol. The van der Waals surface area contributed by atoms with Crippen molar-refractivity contribution in [2.24, 2.45) is 5.73 Å². The maximum absolute atomic E-state index is 10.3. The monoisotopic (exact) mass is 244 g/mol. The number of hydrogen-bond donors (Lipinski definition) is 2. The number of unbranched alkanes of at least 4 members (excludes halogenated alkanes) is 2. The number of hydrogen-bond acceptors (Lipinski definition) is 4. The van der Waals surface area contributed by atoms with E-state index in [1.165, 1.54) is 0 Å². The zero-order valence-electron chi connectivity index (χ0n) is 10.6. The standard InChI is InChI=1S/C12H24N2O3/c1-17-11-9-14(8-6-10(11)13)7-4-2-3-5-12(15)16/h10-11H,2-9,13H2,1H3,(H,15,16). The van der Waals surface area contributed by atoms with Crippen molar-refractivity contribution >= 4 is 5.97 Å². The Morgan fingerprint density at radius 1 is 1.47 bits per heavy atom. The molecule has 0 radical (unpaired) electrons. The molecule has 1 saturated heterocycles. The van der Waals surface area contributed by atoms with Crippen LogP contribution in [0.5, 0.6) is 0 Å². The molecule has 3 N–H and O–H groups in total. The fourth-order valence-corrected chi connectivity index (χ4v) is 2.24. The molecule has 1 aliphatic rings. The predicted octanol–water partition coefficient (Wildman–Crippen LogP) is 0.679. The molecule has 1 heterocycles. The van der Waals surface area contributed by atoms with Gasteiger partial charge in [0.15, 0.2) is 0 Å². The maximum Gasteiger partial charge on any atom is 0.303 e. The van der Waals surface area contributed by atoms with Crippen LogP contribution < -0.4 is 5.73 Å². The largest absolute Gasteiger partial charge is 0.481 e. The summed E-state index contributed by atoms with van der Waals surface area (Å²) in [4.78, 5) is 12.7. The first-order valence-electron chi connectivity index (χ1n) is 6.36. The highest BCUT2D eigenvalue weighted by Crippen LogP contribution is 2.13. The Labute approximate surface area is 103 Å². The van der Waals surface area contributed by atoms with Gasteiger partial charge in [-0.1, -0.05) is 6.42 Å². The van der Waals surface area contributed by atoms with Crippen molar-refractivity contribution in [3.05, 3.63) is 0 Å². The summed E-state index contributed by atoms with van der Waals surface area (Å²) in [5.41, 5.74) is 5.94. The van der Waals surface area contributed by atoms with Crippen molar-refractivity contribution in [1.29, 1.82) is 0 Å².